The number of aliphatic imine (C=N–C) groups is 1. The topological polar surface area (TPSA) is 49.6 Å². The van der Waals surface area contributed by atoms with Crippen molar-refractivity contribution in [1.82, 2.24) is 10.6 Å². The van der Waals surface area contributed by atoms with E-state index in [1.807, 2.05) is 6.92 Å². The lowest BCUT2D eigenvalue weighted by molar-refractivity contribution is -0.138. The van der Waals surface area contributed by atoms with E-state index >= 15 is 0 Å². The largest absolute Gasteiger partial charge is 0.467 e. The normalized spacial score (nSPS) is 12.3. The van der Waals surface area contributed by atoms with Crippen LogP contribution in [-0.4, -0.2) is 12.5 Å². The number of hydrogen-bond acceptors (Lipinski definition) is 2. The van der Waals surface area contributed by atoms with Crippen LogP contribution in [-0.2, 0) is 19.3 Å². The van der Waals surface area contributed by atoms with Crippen molar-refractivity contribution in [2.45, 2.75) is 26.2 Å². The predicted molar refractivity (Wildman–Crippen MR) is 81.8 cm³/mol. The van der Waals surface area contributed by atoms with Crippen LogP contribution in [0.5, 0.6) is 0 Å². The summed E-state index contributed by atoms with van der Waals surface area (Å²) >= 11 is 0. The molecule has 0 fully saturated rings. The molecule has 0 radical (unpaired) electrons. The van der Waals surface area contributed by atoms with Gasteiger partial charge >= 0.3 is 6.18 Å². The van der Waals surface area contributed by atoms with Gasteiger partial charge in [0.05, 0.1) is 24.9 Å². The minimum atomic E-state index is -4.63. The molecule has 2 aromatic rings. The Balaban J connectivity index is 2.13. The monoisotopic (exact) mass is 343 g/mol. The van der Waals surface area contributed by atoms with Crippen LogP contribution in [0, 0.1) is 5.82 Å². The van der Waals surface area contributed by atoms with Crippen LogP contribution in [0.2, 0.25) is 0 Å². The van der Waals surface area contributed by atoms with Crippen molar-refractivity contribution < 1.29 is 22.0 Å². The van der Waals surface area contributed by atoms with Gasteiger partial charge < -0.3 is 15.1 Å². The van der Waals surface area contributed by atoms with Crippen molar-refractivity contribution in [3.05, 3.63) is 59.3 Å². The number of guanidine groups is 1. The maximum atomic E-state index is 13.1. The fourth-order valence-corrected chi connectivity index (χ4v) is 2.04. The molecule has 0 saturated heterocycles. The van der Waals surface area contributed by atoms with Gasteiger partial charge in [0.25, 0.3) is 0 Å². The summed E-state index contributed by atoms with van der Waals surface area (Å²) < 4.78 is 57.2. The first-order chi connectivity index (χ1) is 11.4. The third-order valence-electron chi connectivity index (χ3n) is 3.14. The third-order valence-corrected chi connectivity index (χ3v) is 3.14. The van der Waals surface area contributed by atoms with Crippen molar-refractivity contribution in [3.8, 4) is 0 Å². The van der Waals surface area contributed by atoms with E-state index in [0.717, 1.165) is 12.1 Å². The Morgan fingerprint density at radius 3 is 2.62 bits per heavy atom. The number of alkyl halides is 3. The van der Waals surface area contributed by atoms with E-state index < -0.39 is 17.6 Å². The van der Waals surface area contributed by atoms with Gasteiger partial charge in [-0.15, -0.1) is 0 Å². The minimum Gasteiger partial charge on any atom is -0.467 e. The highest BCUT2D eigenvalue weighted by Gasteiger charge is 2.33. The van der Waals surface area contributed by atoms with Crippen LogP contribution in [0.3, 0.4) is 0 Å². The zero-order valence-corrected chi connectivity index (χ0v) is 13.0. The molecule has 0 saturated carbocycles. The van der Waals surface area contributed by atoms with E-state index in [4.69, 9.17) is 4.42 Å². The van der Waals surface area contributed by atoms with Gasteiger partial charge in [-0.3, -0.25) is 0 Å². The summed E-state index contributed by atoms with van der Waals surface area (Å²) in [5, 5.41) is 5.88. The van der Waals surface area contributed by atoms with E-state index in [-0.39, 0.29) is 12.1 Å². The fourth-order valence-electron chi connectivity index (χ4n) is 2.04. The Morgan fingerprint density at radius 2 is 2.00 bits per heavy atom. The number of nitrogens with one attached hydrogen (secondary N) is 2. The molecular formula is C16H17F4N3O. The molecule has 1 aromatic carbocycles. The highest BCUT2D eigenvalue weighted by Crippen LogP contribution is 2.32. The molecule has 0 bridgehead atoms. The van der Waals surface area contributed by atoms with Crippen molar-refractivity contribution in [1.29, 1.82) is 0 Å². The summed E-state index contributed by atoms with van der Waals surface area (Å²) in [5.74, 6) is 0.0719. The average molecular weight is 343 g/mol. The third kappa shape index (κ3) is 5.00. The average Bonchev–Trinajstić information content (AvgIpc) is 3.03. The molecule has 4 nitrogen and oxygen atoms in total. The molecule has 0 unspecified atom stereocenters. The van der Waals surface area contributed by atoms with Gasteiger partial charge in [0.1, 0.15) is 11.6 Å². The highest BCUT2D eigenvalue weighted by molar-refractivity contribution is 5.79. The van der Waals surface area contributed by atoms with Crippen LogP contribution in [0.1, 0.15) is 23.8 Å². The Labute approximate surface area is 136 Å². The predicted octanol–water partition coefficient (Wildman–Crippen LogP) is 3.69. The Bertz CT molecular complexity index is 681. The van der Waals surface area contributed by atoms with Crippen molar-refractivity contribution in [2.75, 3.05) is 6.54 Å². The molecule has 0 atom stereocenters. The molecule has 0 aliphatic heterocycles. The van der Waals surface area contributed by atoms with Crippen molar-refractivity contribution >= 4 is 5.96 Å². The molecule has 24 heavy (non-hydrogen) atoms. The van der Waals surface area contributed by atoms with Gasteiger partial charge in [0.15, 0.2) is 5.96 Å². The first-order valence-corrected chi connectivity index (χ1v) is 7.30. The van der Waals surface area contributed by atoms with E-state index in [0.29, 0.717) is 30.9 Å². The maximum Gasteiger partial charge on any atom is 0.416 e. The van der Waals surface area contributed by atoms with Crippen LogP contribution < -0.4 is 10.6 Å². The molecule has 2 rings (SSSR count). The first-order valence-electron chi connectivity index (χ1n) is 7.30. The molecule has 0 spiro atoms. The zero-order valence-electron chi connectivity index (χ0n) is 13.0. The van der Waals surface area contributed by atoms with E-state index in [1.54, 1.807) is 12.1 Å². The standard InChI is InChI=1S/C16H17F4N3O/c1-2-21-15(23-10-13-4-3-7-24-13)22-9-11-5-6-12(17)8-14(11)16(18,19)20/h3-8H,2,9-10H2,1H3,(H2,21,22,23). The summed E-state index contributed by atoms with van der Waals surface area (Å²) in [6.45, 7) is 2.49. The van der Waals surface area contributed by atoms with Gasteiger partial charge in [-0.05, 0) is 36.8 Å². The maximum absolute atomic E-state index is 13.1. The summed E-state index contributed by atoms with van der Waals surface area (Å²) in [5.41, 5.74) is -1.12. The summed E-state index contributed by atoms with van der Waals surface area (Å²) in [4.78, 5) is 4.12. The Kier molecular flexibility index (Phi) is 5.83. The van der Waals surface area contributed by atoms with Crippen LogP contribution >= 0.6 is 0 Å². The molecule has 2 N–H and O–H groups in total. The fraction of sp³-hybridized carbons (Fsp3) is 0.312. The lowest BCUT2D eigenvalue weighted by atomic mass is 10.1. The molecule has 1 aromatic heterocycles. The molecule has 0 amide bonds. The van der Waals surface area contributed by atoms with Gasteiger partial charge in [0.2, 0.25) is 0 Å². The smallest absolute Gasteiger partial charge is 0.416 e. The lowest BCUT2D eigenvalue weighted by Gasteiger charge is -2.13. The first kappa shape index (κ1) is 17.8. The van der Waals surface area contributed by atoms with E-state index in [2.05, 4.69) is 15.6 Å². The van der Waals surface area contributed by atoms with Crippen molar-refractivity contribution in [2.24, 2.45) is 4.99 Å². The lowest BCUT2D eigenvalue weighted by Crippen LogP contribution is -2.36. The van der Waals surface area contributed by atoms with E-state index in [1.165, 1.54) is 6.26 Å². The van der Waals surface area contributed by atoms with Gasteiger partial charge in [-0.2, -0.15) is 13.2 Å². The van der Waals surface area contributed by atoms with Gasteiger partial charge in [-0.1, -0.05) is 6.07 Å². The van der Waals surface area contributed by atoms with E-state index in [9.17, 15) is 17.6 Å². The van der Waals surface area contributed by atoms with Gasteiger partial charge in [0, 0.05) is 6.54 Å². The SMILES string of the molecule is CCNC(=NCc1ccc(F)cc1C(F)(F)F)NCc1ccco1. The number of benzene rings is 1. The second kappa shape index (κ2) is 7.85. The Hall–Kier alpha value is -2.51. The summed E-state index contributed by atoms with van der Waals surface area (Å²) in [7, 11) is 0. The molecule has 8 heteroatoms. The van der Waals surface area contributed by atoms with Crippen LogP contribution in [0.4, 0.5) is 17.6 Å². The molecule has 130 valence electrons. The summed E-state index contributed by atoms with van der Waals surface area (Å²) in [6.07, 6.45) is -3.11. The summed E-state index contributed by atoms with van der Waals surface area (Å²) in [6, 6.07) is 6.06. The number of furan rings is 1. The molecule has 0 aliphatic carbocycles. The molecule has 1 heterocycles. The van der Waals surface area contributed by atoms with Crippen LogP contribution in [0.25, 0.3) is 0 Å². The highest BCUT2D eigenvalue weighted by atomic mass is 19.4. The minimum absolute atomic E-state index is 0.0981. The number of hydrogen-bond donors (Lipinski definition) is 2. The Morgan fingerprint density at radius 1 is 1.21 bits per heavy atom. The number of rotatable bonds is 5. The number of nitrogens with zero attached hydrogens (tertiary/aromatic N) is 1. The molecular weight excluding hydrogens is 326 g/mol. The zero-order chi connectivity index (χ0) is 17.6. The second-order valence-corrected chi connectivity index (χ2v) is 4.93. The van der Waals surface area contributed by atoms with Crippen molar-refractivity contribution in [3.63, 3.8) is 0 Å². The van der Waals surface area contributed by atoms with Gasteiger partial charge in [-0.25, -0.2) is 9.38 Å². The number of halogens is 4. The second-order valence-electron chi connectivity index (χ2n) is 4.93. The van der Waals surface area contributed by atoms with Crippen LogP contribution in [0.15, 0.2) is 46.0 Å². The molecule has 0 aliphatic rings. The quantitative estimate of drug-likeness (QED) is 0.494.